The van der Waals surface area contributed by atoms with Crippen LogP contribution in [0.1, 0.15) is 25.8 Å². The Labute approximate surface area is 185 Å². The van der Waals surface area contributed by atoms with Gasteiger partial charge in [0.25, 0.3) is 5.91 Å². The average Bonchev–Trinajstić information content (AvgIpc) is 2.70. The summed E-state index contributed by atoms with van der Waals surface area (Å²) in [5, 5.41) is 4.04. The number of hydrogen-bond acceptors (Lipinski definition) is 3. The zero-order valence-electron chi connectivity index (χ0n) is 16.3. The predicted molar refractivity (Wildman–Crippen MR) is 117 cm³/mol. The quantitative estimate of drug-likeness (QED) is 0.578. The maximum absolute atomic E-state index is 13.0. The van der Waals surface area contributed by atoms with Crippen LogP contribution in [0.15, 0.2) is 42.5 Å². The van der Waals surface area contributed by atoms with Crippen molar-refractivity contribution in [2.24, 2.45) is 0 Å². The maximum atomic E-state index is 13.0. The summed E-state index contributed by atoms with van der Waals surface area (Å²) in [4.78, 5) is 26.9. The van der Waals surface area contributed by atoms with Crippen LogP contribution in [0.2, 0.25) is 15.1 Å². The van der Waals surface area contributed by atoms with E-state index in [-0.39, 0.29) is 25.0 Å². The zero-order valence-corrected chi connectivity index (χ0v) is 18.5. The molecule has 0 aliphatic heterocycles. The molecule has 0 saturated heterocycles. The lowest BCUT2D eigenvalue weighted by atomic mass is 10.1. The third-order valence-corrected chi connectivity index (χ3v) is 5.31. The minimum atomic E-state index is -0.740. The van der Waals surface area contributed by atoms with Crippen molar-refractivity contribution in [2.45, 2.75) is 32.9 Å². The normalized spacial score (nSPS) is 11.6. The lowest BCUT2D eigenvalue weighted by molar-refractivity contribution is -0.142. The molecule has 0 aliphatic carbocycles. The van der Waals surface area contributed by atoms with Crippen LogP contribution < -0.4 is 10.1 Å². The van der Waals surface area contributed by atoms with Crippen molar-refractivity contribution in [1.29, 1.82) is 0 Å². The monoisotopic (exact) mass is 456 g/mol. The van der Waals surface area contributed by atoms with Crippen molar-refractivity contribution in [2.75, 3.05) is 13.2 Å². The molecule has 5 nitrogen and oxygen atoms in total. The molecule has 29 heavy (non-hydrogen) atoms. The summed E-state index contributed by atoms with van der Waals surface area (Å²) in [6.07, 6.45) is 0.790. The number of nitrogens with one attached hydrogen (secondary N) is 1. The van der Waals surface area contributed by atoms with Crippen LogP contribution in [-0.2, 0) is 16.1 Å². The average molecular weight is 458 g/mol. The Bertz CT molecular complexity index is 841. The molecular weight excluding hydrogens is 435 g/mol. The van der Waals surface area contributed by atoms with Gasteiger partial charge in [0.2, 0.25) is 5.91 Å². The zero-order chi connectivity index (χ0) is 21.4. The van der Waals surface area contributed by atoms with E-state index in [1.54, 1.807) is 49.4 Å². The summed E-state index contributed by atoms with van der Waals surface area (Å²) in [5.41, 5.74) is 0.567. The molecule has 156 valence electrons. The van der Waals surface area contributed by atoms with Gasteiger partial charge in [-0.3, -0.25) is 9.59 Å². The van der Waals surface area contributed by atoms with E-state index in [9.17, 15) is 9.59 Å². The molecule has 2 amide bonds. The number of hydrogen-bond donors (Lipinski definition) is 1. The lowest BCUT2D eigenvalue weighted by Crippen LogP contribution is -2.49. The van der Waals surface area contributed by atoms with Crippen LogP contribution in [0.3, 0.4) is 0 Å². The van der Waals surface area contributed by atoms with Crippen molar-refractivity contribution in [3.05, 3.63) is 63.1 Å². The summed E-state index contributed by atoms with van der Waals surface area (Å²) in [7, 11) is 0. The molecule has 0 spiro atoms. The summed E-state index contributed by atoms with van der Waals surface area (Å²) in [5.74, 6) is -0.262. The molecule has 0 heterocycles. The fraction of sp³-hybridized carbons (Fsp3) is 0.333. The van der Waals surface area contributed by atoms with Gasteiger partial charge in [-0.25, -0.2) is 0 Å². The van der Waals surface area contributed by atoms with E-state index in [1.165, 1.54) is 4.90 Å². The number of carbonyl (C=O) groups is 2. The highest BCUT2D eigenvalue weighted by Crippen LogP contribution is 2.27. The molecular formula is C21H23Cl3N2O3. The van der Waals surface area contributed by atoms with Gasteiger partial charge < -0.3 is 15.0 Å². The van der Waals surface area contributed by atoms with Crippen molar-refractivity contribution < 1.29 is 14.3 Å². The standard InChI is InChI=1S/C21H23Cl3N2O3/c1-3-11-25-21(28)14(2)26(12-15-16(22)8-6-9-17(15)23)20(27)13-29-19-10-5-4-7-18(19)24/h4-10,14H,3,11-13H2,1-2H3,(H,25,28). The largest absolute Gasteiger partial charge is 0.482 e. The molecule has 0 aliphatic rings. The first-order chi connectivity index (χ1) is 13.8. The maximum Gasteiger partial charge on any atom is 0.261 e. The molecule has 2 aromatic rings. The third-order valence-electron chi connectivity index (χ3n) is 4.29. The van der Waals surface area contributed by atoms with Crippen molar-refractivity contribution in [3.63, 3.8) is 0 Å². The van der Waals surface area contributed by atoms with Gasteiger partial charge >= 0.3 is 0 Å². The molecule has 0 radical (unpaired) electrons. The topological polar surface area (TPSA) is 58.6 Å². The lowest BCUT2D eigenvalue weighted by Gasteiger charge is -2.29. The van der Waals surface area contributed by atoms with Crippen LogP contribution in [0.5, 0.6) is 5.75 Å². The summed E-state index contributed by atoms with van der Waals surface area (Å²) in [6, 6.07) is 11.2. The van der Waals surface area contributed by atoms with E-state index in [1.807, 2.05) is 6.92 Å². The highest BCUT2D eigenvalue weighted by Gasteiger charge is 2.27. The number of ether oxygens (including phenoxy) is 1. The number of halogens is 3. The number of amides is 2. The molecule has 1 N–H and O–H groups in total. The molecule has 0 aromatic heterocycles. The van der Waals surface area contributed by atoms with Gasteiger partial charge in [0.1, 0.15) is 11.8 Å². The van der Waals surface area contributed by atoms with Crippen LogP contribution >= 0.6 is 34.8 Å². The summed E-state index contributed by atoms with van der Waals surface area (Å²) in [6.45, 7) is 3.92. The molecule has 0 fully saturated rings. The van der Waals surface area contributed by atoms with Gasteiger partial charge in [-0.2, -0.15) is 0 Å². The Morgan fingerprint density at radius 1 is 1.03 bits per heavy atom. The van der Waals surface area contributed by atoms with Gasteiger partial charge in [-0.15, -0.1) is 0 Å². The number of para-hydroxylation sites is 1. The fourth-order valence-corrected chi connectivity index (χ4v) is 3.32. The first kappa shape index (κ1) is 23.3. The Kier molecular flexibility index (Phi) is 9.08. The molecule has 0 bridgehead atoms. The summed E-state index contributed by atoms with van der Waals surface area (Å²) < 4.78 is 5.57. The molecule has 2 aromatic carbocycles. The van der Waals surface area contributed by atoms with Crippen LogP contribution in [0.25, 0.3) is 0 Å². The van der Waals surface area contributed by atoms with E-state index in [0.29, 0.717) is 32.9 Å². The fourth-order valence-electron chi connectivity index (χ4n) is 2.62. The smallest absolute Gasteiger partial charge is 0.261 e. The Morgan fingerprint density at radius 3 is 2.28 bits per heavy atom. The second-order valence-corrected chi connectivity index (χ2v) is 7.63. The van der Waals surface area contributed by atoms with Gasteiger partial charge in [0, 0.05) is 28.7 Å². The third kappa shape index (κ3) is 6.53. The SMILES string of the molecule is CCCNC(=O)C(C)N(Cc1c(Cl)cccc1Cl)C(=O)COc1ccccc1Cl. The van der Waals surface area contributed by atoms with E-state index in [0.717, 1.165) is 6.42 Å². The van der Waals surface area contributed by atoms with Crippen LogP contribution in [0.4, 0.5) is 0 Å². The molecule has 1 atom stereocenters. The Balaban J connectivity index is 2.22. The molecule has 2 rings (SSSR count). The van der Waals surface area contributed by atoms with Crippen molar-refractivity contribution in [3.8, 4) is 5.75 Å². The van der Waals surface area contributed by atoms with E-state index in [2.05, 4.69) is 5.32 Å². The van der Waals surface area contributed by atoms with E-state index in [4.69, 9.17) is 39.5 Å². The van der Waals surface area contributed by atoms with Gasteiger partial charge in [0.05, 0.1) is 5.02 Å². The van der Waals surface area contributed by atoms with Crippen LogP contribution in [0, 0.1) is 0 Å². The van der Waals surface area contributed by atoms with Crippen molar-refractivity contribution in [1.82, 2.24) is 10.2 Å². The number of rotatable bonds is 9. The number of benzene rings is 2. The van der Waals surface area contributed by atoms with Gasteiger partial charge in [0.15, 0.2) is 6.61 Å². The first-order valence-corrected chi connectivity index (χ1v) is 10.4. The predicted octanol–water partition coefficient (Wildman–Crippen LogP) is 4.97. The van der Waals surface area contributed by atoms with Crippen LogP contribution in [-0.4, -0.2) is 35.9 Å². The van der Waals surface area contributed by atoms with Gasteiger partial charge in [-0.05, 0) is 37.6 Å². The number of carbonyl (C=O) groups excluding carboxylic acids is 2. The minimum Gasteiger partial charge on any atom is -0.482 e. The molecule has 0 saturated carbocycles. The first-order valence-electron chi connectivity index (χ1n) is 9.22. The van der Waals surface area contributed by atoms with Crippen molar-refractivity contribution >= 4 is 46.6 Å². The minimum absolute atomic E-state index is 0.0733. The Morgan fingerprint density at radius 2 is 1.66 bits per heavy atom. The van der Waals surface area contributed by atoms with Gasteiger partial charge in [-0.1, -0.05) is 59.9 Å². The highest BCUT2D eigenvalue weighted by atomic mass is 35.5. The van der Waals surface area contributed by atoms with E-state index < -0.39 is 6.04 Å². The summed E-state index contributed by atoms with van der Waals surface area (Å²) >= 11 is 18.6. The highest BCUT2D eigenvalue weighted by molar-refractivity contribution is 6.36. The van der Waals surface area contributed by atoms with E-state index >= 15 is 0 Å². The molecule has 8 heteroatoms. The molecule has 1 unspecified atom stereocenters. The second kappa shape index (κ2) is 11.3. The second-order valence-electron chi connectivity index (χ2n) is 6.41. The number of nitrogens with zero attached hydrogens (tertiary/aromatic N) is 1. The Hall–Kier alpha value is -1.95.